The second-order valence-corrected chi connectivity index (χ2v) is 6.03. The van der Waals surface area contributed by atoms with Crippen LogP contribution in [-0.2, 0) is 4.79 Å². The molecular weight excluding hydrogens is 248 g/mol. The highest BCUT2D eigenvalue weighted by Gasteiger charge is 2.40. The summed E-state index contributed by atoms with van der Waals surface area (Å²) in [6, 6.07) is 0. The number of hydrogen-bond acceptors (Lipinski definition) is 2. The Morgan fingerprint density at radius 3 is 2.56 bits per heavy atom. The molecule has 1 N–H and O–H groups in total. The first-order chi connectivity index (χ1) is 8.17. The normalized spacial score (nSPS) is 23.8. The van der Waals surface area contributed by atoms with E-state index in [1.54, 1.807) is 0 Å². The maximum absolute atomic E-state index is 12.2. The van der Waals surface area contributed by atoms with Crippen LogP contribution in [0.4, 0.5) is 0 Å². The highest BCUT2D eigenvalue weighted by Crippen LogP contribution is 2.43. The van der Waals surface area contributed by atoms with E-state index in [1.807, 2.05) is 14.0 Å². The largest absolute Gasteiger partial charge is 0.342 e. The fourth-order valence-corrected chi connectivity index (χ4v) is 3.54. The van der Waals surface area contributed by atoms with Crippen LogP contribution in [0, 0.1) is 11.3 Å². The molecule has 1 atom stereocenters. The van der Waals surface area contributed by atoms with Crippen LogP contribution in [0.2, 0.25) is 0 Å². The SMILES string of the molecule is CNCC(C)C(=O)N1CCC2(CCCCC2)C1.Cl. The van der Waals surface area contributed by atoms with Crippen LogP contribution < -0.4 is 5.32 Å². The minimum Gasteiger partial charge on any atom is -0.342 e. The molecule has 2 rings (SSSR count). The topological polar surface area (TPSA) is 32.3 Å². The molecule has 18 heavy (non-hydrogen) atoms. The van der Waals surface area contributed by atoms with E-state index in [4.69, 9.17) is 0 Å². The standard InChI is InChI=1S/C14H26N2O.ClH/c1-12(10-15-2)13(17)16-9-8-14(11-16)6-4-3-5-7-14;/h12,15H,3-11H2,1-2H3;1H. The molecule has 0 aromatic rings. The van der Waals surface area contributed by atoms with Crippen molar-refractivity contribution in [1.29, 1.82) is 0 Å². The van der Waals surface area contributed by atoms with Crippen molar-refractivity contribution >= 4 is 18.3 Å². The average Bonchev–Trinajstić information content (AvgIpc) is 2.73. The van der Waals surface area contributed by atoms with E-state index in [0.717, 1.165) is 19.6 Å². The van der Waals surface area contributed by atoms with Crippen molar-refractivity contribution in [2.24, 2.45) is 11.3 Å². The molecule has 2 fully saturated rings. The molecule has 1 aliphatic carbocycles. The third-order valence-corrected chi connectivity index (χ3v) is 4.60. The van der Waals surface area contributed by atoms with Gasteiger partial charge in [-0.1, -0.05) is 26.2 Å². The maximum Gasteiger partial charge on any atom is 0.226 e. The van der Waals surface area contributed by atoms with Gasteiger partial charge in [0, 0.05) is 25.6 Å². The van der Waals surface area contributed by atoms with E-state index in [9.17, 15) is 4.79 Å². The first kappa shape index (κ1) is 15.8. The van der Waals surface area contributed by atoms with Gasteiger partial charge in [0.15, 0.2) is 0 Å². The van der Waals surface area contributed by atoms with E-state index in [0.29, 0.717) is 11.3 Å². The predicted molar refractivity (Wildman–Crippen MR) is 77.1 cm³/mol. The van der Waals surface area contributed by atoms with E-state index in [1.165, 1.54) is 38.5 Å². The Hall–Kier alpha value is -0.280. The fraction of sp³-hybridized carbons (Fsp3) is 0.929. The van der Waals surface area contributed by atoms with Gasteiger partial charge in [0.25, 0.3) is 0 Å². The molecular formula is C14H27ClN2O. The number of carbonyl (C=O) groups is 1. The molecule has 4 heteroatoms. The molecule has 1 heterocycles. The number of nitrogens with zero attached hydrogens (tertiary/aromatic N) is 1. The molecule has 1 saturated heterocycles. The summed E-state index contributed by atoms with van der Waals surface area (Å²) in [5, 5.41) is 3.10. The van der Waals surface area contributed by atoms with E-state index in [2.05, 4.69) is 10.2 Å². The predicted octanol–water partition coefficient (Wildman–Crippen LogP) is 2.45. The first-order valence-corrected chi connectivity index (χ1v) is 7.10. The molecule has 0 aromatic carbocycles. The Labute approximate surface area is 117 Å². The fourth-order valence-electron chi connectivity index (χ4n) is 3.54. The van der Waals surface area contributed by atoms with Gasteiger partial charge in [-0.3, -0.25) is 4.79 Å². The smallest absolute Gasteiger partial charge is 0.226 e. The lowest BCUT2D eigenvalue weighted by Gasteiger charge is -2.33. The third-order valence-electron chi connectivity index (χ3n) is 4.60. The van der Waals surface area contributed by atoms with Crippen LogP contribution in [0.3, 0.4) is 0 Å². The molecule has 1 aliphatic heterocycles. The minimum atomic E-state index is 0. The summed E-state index contributed by atoms with van der Waals surface area (Å²) in [5.74, 6) is 0.473. The molecule has 2 aliphatic rings. The summed E-state index contributed by atoms with van der Waals surface area (Å²) in [7, 11) is 1.91. The second-order valence-electron chi connectivity index (χ2n) is 6.03. The number of carbonyl (C=O) groups excluding carboxylic acids is 1. The number of nitrogens with one attached hydrogen (secondary N) is 1. The van der Waals surface area contributed by atoms with Crippen molar-refractivity contribution < 1.29 is 4.79 Å². The van der Waals surface area contributed by atoms with Gasteiger partial charge < -0.3 is 10.2 Å². The van der Waals surface area contributed by atoms with Gasteiger partial charge in [-0.15, -0.1) is 12.4 Å². The average molecular weight is 275 g/mol. The van der Waals surface area contributed by atoms with Gasteiger partial charge in [-0.05, 0) is 31.7 Å². The van der Waals surface area contributed by atoms with Gasteiger partial charge in [-0.25, -0.2) is 0 Å². The van der Waals surface area contributed by atoms with Crippen molar-refractivity contribution in [3.8, 4) is 0 Å². The Kier molecular flexibility index (Phi) is 5.93. The minimum absolute atomic E-state index is 0. The highest BCUT2D eigenvalue weighted by atomic mass is 35.5. The summed E-state index contributed by atoms with van der Waals surface area (Å²) in [6.07, 6.45) is 8.06. The molecule has 106 valence electrons. The summed E-state index contributed by atoms with van der Waals surface area (Å²) in [5.41, 5.74) is 0.493. The summed E-state index contributed by atoms with van der Waals surface area (Å²) < 4.78 is 0. The molecule has 3 nitrogen and oxygen atoms in total. The number of halogens is 1. The Morgan fingerprint density at radius 1 is 1.28 bits per heavy atom. The summed E-state index contributed by atoms with van der Waals surface area (Å²) in [4.78, 5) is 14.4. The van der Waals surface area contributed by atoms with Crippen molar-refractivity contribution in [1.82, 2.24) is 10.2 Å². The van der Waals surface area contributed by atoms with Crippen molar-refractivity contribution in [2.45, 2.75) is 45.4 Å². The lowest BCUT2D eigenvalue weighted by Crippen LogP contribution is -2.39. The molecule has 1 unspecified atom stereocenters. The molecule has 0 aromatic heterocycles. The quantitative estimate of drug-likeness (QED) is 0.857. The summed E-state index contributed by atoms with van der Waals surface area (Å²) >= 11 is 0. The highest BCUT2D eigenvalue weighted by molar-refractivity contribution is 5.85. The molecule has 1 saturated carbocycles. The monoisotopic (exact) mass is 274 g/mol. The zero-order valence-corrected chi connectivity index (χ0v) is 12.5. The Bertz CT molecular complexity index is 277. The second kappa shape index (κ2) is 6.76. The maximum atomic E-state index is 12.2. The zero-order valence-electron chi connectivity index (χ0n) is 11.7. The van der Waals surface area contributed by atoms with Gasteiger partial charge in [-0.2, -0.15) is 0 Å². The summed E-state index contributed by atoms with van der Waals surface area (Å²) in [6.45, 7) is 4.85. The third kappa shape index (κ3) is 3.39. The van der Waals surface area contributed by atoms with Gasteiger partial charge >= 0.3 is 0 Å². The molecule has 0 radical (unpaired) electrons. The van der Waals surface area contributed by atoms with Crippen molar-refractivity contribution in [2.75, 3.05) is 26.7 Å². The number of likely N-dealkylation sites (tertiary alicyclic amines) is 1. The van der Waals surface area contributed by atoms with Gasteiger partial charge in [0.2, 0.25) is 5.91 Å². The van der Waals surface area contributed by atoms with Crippen LogP contribution in [0.5, 0.6) is 0 Å². The van der Waals surface area contributed by atoms with Crippen LogP contribution >= 0.6 is 12.4 Å². The van der Waals surface area contributed by atoms with Crippen LogP contribution in [-0.4, -0.2) is 37.5 Å². The van der Waals surface area contributed by atoms with Crippen LogP contribution in [0.15, 0.2) is 0 Å². The van der Waals surface area contributed by atoms with Gasteiger partial charge in [0.1, 0.15) is 0 Å². The van der Waals surface area contributed by atoms with E-state index < -0.39 is 0 Å². The van der Waals surface area contributed by atoms with E-state index >= 15 is 0 Å². The van der Waals surface area contributed by atoms with Crippen molar-refractivity contribution in [3.05, 3.63) is 0 Å². The number of rotatable bonds is 3. The van der Waals surface area contributed by atoms with Crippen LogP contribution in [0.1, 0.15) is 45.4 Å². The Morgan fingerprint density at radius 2 is 1.94 bits per heavy atom. The molecule has 1 spiro atoms. The zero-order chi connectivity index (χ0) is 12.3. The lowest BCUT2D eigenvalue weighted by molar-refractivity contribution is -0.134. The first-order valence-electron chi connectivity index (χ1n) is 7.10. The molecule has 0 bridgehead atoms. The Balaban J connectivity index is 0.00000162. The van der Waals surface area contributed by atoms with E-state index in [-0.39, 0.29) is 18.3 Å². The lowest BCUT2D eigenvalue weighted by atomic mass is 9.73. The molecule has 1 amide bonds. The van der Waals surface area contributed by atoms with Crippen molar-refractivity contribution in [3.63, 3.8) is 0 Å². The van der Waals surface area contributed by atoms with Gasteiger partial charge in [0.05, 0.1) is 0 Å². The number of hydrogen-bond donors (Lipinski definition) is 1. The number of amides is 1. The van der Waals surface area contributed by atoms with Crippen LogP contribution in [0.25, 0.3) is 0 Å².